The van der Waals surface area contributed by atoms with Crippen molar-refractivity contribution in [3.8, 4) is 5.75 Å². The van der Waals surface area contributed by atoms with Crippen LogP contribution in [0.1, 0.15) is 44.0 Å². The molecule has 3 aliphatic rings. The third-order valence-electron chi connectivity index (χ3n) is 7.66. The summed E-state index contributed by atoms with van der Waals surface area (Å²) in [5.74, 6) is 3.50. The zero-order chi connectivity index (χ0) is 21.4. The Morgan fingerprint density at radius 1 is 1.23 bits per heavy atom. The number of methoxy groups -OCH3 is 1. The molecule has 4 atom stereocenters. The molecule has 6 nitrogen and oxygen atoms in total. The van der Waals surface area contributed by atoms with E-state index in [1.165, 1.54) is 12.0 Å². The van der Waals surface area contributed by atoms with Gasteiger partial charge in [-0.1, -0.05) is 12.1 Å². The van der Waals surface area contributed by atoms with Crippen molar-refractivity contribution in [3.05, 3.63) is 48.0 Å². The lowest BCUT2D eigenvalue weighted by molar-refractivity contribution is -0.152. The lowest BCUT2D eigenvalue weighted by Crippen LogP contribution is -2.65. The molecule has 1 aromatic heterocycles. The number of ether oxygens (including phenoxy) is 1. The van der Waals surface area contributed by atoms with Crippen LogP contribution in [0.15, 0.2) is 36.7 Å². The van der Waals surface area contributed by atoms with Gasteiger partial charge in [-0.3, -0.25) is 9.69 Å². The van der Waals surface area contributed by atoms with Crippen LogP contribution in [0.3, 0.4) is 0 Å². The van der Waals surface area contributed by atoms with Crippen LogP contribution in [0.5, 0.6) is 5.75 Å². The van der Waals surface area contributed by atoms with Gasteiger partial charge in [0.15, 0.2) is 0 Å². The van der Waals surface area contributed by atoms with E-state index >= 15 is 0 Å². The number of aryl methyl sites for hydroxylation is 1. The van der Waals surface area contributed by atoms with Gasteiger partial charge in [-0.2, -0.15) is 0 Å². The number of rotatable bonds is 6. The number of hydrogen-bond donors (Lipinski definition) is 0. The number of imidazole rings is 1. The van der Waals surface area contributed by atoms with Crippen molar-refractivity contribution in [1.29, 1.82) is 0 Å². The molecular weight excluding hydrogens is 388 g/mol. The standard InChI is InChI=1S/C25H34N4O2/c1-3-28-11-10-26-24(28)17-27-15-19-14-20(16-27)23(29-22(19)8-5-9-25(29)30)13-18-6-4-7-21(12-18)31-2/h4,6-7,10-12,19-20,22-23H,3,5,8-9,13-17H2,1-2H3/t19-,20+,22+,23+/m1/s1. The summed E-state index contributed by atoms with van der Waals surface area (Å²) in [5, 5.41) is 0. The average molecular weight is 423 g/mol. The fourth-order valence-corrected chi connectivity index (χ4v) is 6.28. The molecule has 2 aromatic rings. The van der Waals surface area contributed by atoms with E-state index in [0.29, 0.717) is 30.2 Å². The molecule has 0 N–H and O–H groups in total. The summed E-state index contributed by atoms with van der Waals surface area (Å²) in [6, 6.07) is 9.03. The lowest BCUT2D eigenvalue weighted by Gasteiger charge is -2.56. The quantitative estimate of drug-likeness (QED) is 0.716. The van der Waals surface area contributed by atoms with E-state index in [1.54, 1.807) is 7.11 Å². The highest BCUT2D eigenvalue weighted by Gasteiger charge is 2.49. The van der Waals surface area contributed by atoms with Gasteiger partial charge in [-0.25, -0.2) is 4.98 Å². The zero-order valence-corrected chi connectivity index (χ0v) is 18.7. The molecule has 1 amide bonds. The summed E-state index contributed by atoms with van der Waals surface area (Å²) >= 11 is 0. The molecule has 31 heavy (non-hydrogen) atoms. The summed E-state index contributed by atoms with van der Waals surface area (Å²) in [6.07, 6.45) is 9.03. The second-order valence-electron chi connectivity index (χ2n) is 9.46. The van der Waals surface area contributed by atoms with Crippen LogP contribution in [0, 0.1) is 11.8 Å². The first-order valence-corrected chi connectivity index (χ1v) is 11.8. The smallest absolute Gasteiger partial charge is 0.223 e. The van der Waals surface area contributed by atoms with E-state index in [4.69, 9.17) is 4.74 Å². The number of benzene rings is 1. The maximum absolute atomic E-state index is 13.1. The minimum absolute atomic E-state index is 0.273. The fraction of sp³-hybridized carbons (Fsp3) is 0.600. The Hall–Kier alpha value is -2.34. The summed E-state index contributed by atoms with van der Waals surface area (Å²) in [6.45, 7) is 6.15. The van der Waals surface area contributed by atoms with Crippen molar-refractivity contribution in [2.75, 3.05) is 20.2 Å². The van der Waals surface area contributed by atoms with Crippen molar-refractivity contribution in [1.82, 2.24) is 19.4 Å². The summed E-state index contributed by atoms with van der Waals surface area (Å²) in [4.78, 5) is 22.6. The van der Waals surface area contributed by atoms with Crippen LogP contribution in [-0.2, 0) is 24.3 Å². The molecule has 0 aliphatic carbocycles. The van der Waals surface area contributed by atoms with Crippen molar-refractivity contribution in [2.24, 2.45) is 11.8 Å². The van der Waals surface area contributed by atoms with E-state index in [0.717, 1.165) is 57.0 Å². The highest BCUT2D eigenvalue weighted by molar-refractivity contribution is 5.78. The van der Waals surface area contributed by atoms with Gasteiger partial charge in [-0.05, 0) is 62.1 Å². The number of carbonyl (C=O) groups excluding carboxylic acids is 1. The number of carbonyl (C=O) groups is 1. The number of likely N-dealkylation sites (tertiary alicyclic amines) is 1. The number of piperidine rings is 3. The fourth-order valence-electron chi connectivity index (χ4n) is 6.28. The van der Waals surface area contributed by atoms with Gasteiger partial charge in [0.25, 0.3) is 0 Å². The number of fused-ring (bicyclic) bond motifs is 4. The van der Waals surface area contributed by atoms with Gasteiger partial charge >= 0.3 is 0 Å². The van der Waals surface area contributed by atoms with Crippen molar-refractivity contribution >= 4 is 5.91 Å². The van der Waals surface area contributed by atoms with Crippen molar-refractivity contribution < 1.29 is 9.53 Å². The second kappa shape index (κ2) is 8.65. The van der Waals surface area contributed by atoms with Gasteiger partial charge in [-0.15, -0.1) is 0 Å². The van der Waals surface area contributed by atoms with E-state index < -0.39 is 0 Å². The SMILES string of the molecule is CCn1ccnc1CN1C[C@H]2C[C@@H](C1)[C@H](Cc1cccc(OC)c1)N1C(=O)CCC[C@@H]21. The van der Waals surface area contributed by atoms with Gasteiger partial charge in [0, 0.05) is 50.5 Å². The van der Waals surface area contributed by atoms with Crippen LogP contribution in [0.4, 0.5) is 0 Å². The normalized spacial score (nSPS) is 28.5. The highest BCUT2D eigenvalue weighted by Crippen LogP contribution is 2.43. The third-order valence-corrected chi connectivity index (χ3v) is 7.66. The largest absolute Gasteiger partial charge is 0.497 e. The van der Waals surface area contributed by atoms with Gasteiger partial charge in [0.05, 0.1) is 13.7 Å². The van der Waals surface area contributed by atoms with Crippen LogP contribution in [0.2, 0.25) is 0 Å². The highest BCUT2D eigenvalue weighted by atomic mass is 16.5. The molecule has 166 valence electrons. The van der Waals surface area contributed by atoms with E-state index in [-0.39, 0.29) is 6.04 Å². The van der Waals surface area contributed by atoms with Crippen molar-refractivity contribution in [3.63, 3.8) is 0 Å². The van der Waals surface area contributed by atoms with E-state index in [9.17, 15) is 4.79 Å². The van der Waals surface area contributed by atoms with E-state index in [2.05, 4.69) is 50.7 Å². The van der Waals surface area contributed by atoms with Gasteiger partial charge in [0.1, 0.15) is 11.6 Å². The first-order chi connectivity index (χ1) is 15.2. The molecule has 0 radical (unpaired) electrons. The number of nitrogens with zero attached hydrogens (tertiary/aromatic N) is 4. The molecule has 3 fully saturated rings. The summed E-state index contributed by atoms with van der Waals surface area (Å²) in [5.41, 5.74) is 1.26. The first-order valence-electron chi connectivity index (χ1n) is 11.8. The molecule has 1 aromatic carbocycles. The predicted molar refractivity (Wildman–Crippen MR) is 120 cm³/mol. The molecule has 2 bridgehead atoms. The average Bonchev–Trinajstić information content (AvgIpc) is 3.24. The monoisotopic (exact) mass is 422 g/mol. The van der Waals surface area contributed by atoms with Crippen LogP contribution in [0.25, 0.3) is 0 Å². The number of amides is 1. The third kappa shape index (κ3) is 3.98. The Morgan fingerprint density at radius 2 is 2.10 bits per heavy atom. The summed E-state index contributed by atoms with van der Waals surface area (Å²) in [7, 11) is 1.72. The minimum Gasteiger partial charge on any atom is -0.497 e. The Morgan fingerprint density at radius 3 is 2.94 bits per heavy atom. The number of hydrogen-bond acceptors (Lipinski definition) is 4. The lowest BCUT2D eigenvalue weighted by atomic mass is 9.70. The molecule has 6 heteroatoms. The van der Waals surface area contributed by atoms with Crippen LogP contribution in [-0.4, -0.2) is 57.5 Å². The molecular formula is C25H34N4O2. The predicted octanol–water partition coefficient (Wildman–Crippen LogP) is 3.36. The maximum atomic E-state index is 13.1. The Labute approximate surface area is 185 Å². The molecule has 0 saturated carbocycles. The van der Waals surface area contributed by atoms with Gasteiger partial charge in [0.2, 0.25) is 5.91 Å². The summed E-state index contributed by atoms with van der Waals surface area (Å²) < 4.78 is 7.70. The molecule has 3 aliphatic heterocycles. The molecule has 4 heterocycles. The van der Waals surface area contributed by atoms with E-state index in [1.807, 2.05) is 12.3 Å². The first kappa shape index (κ1) is 20.6. The van der Waals surface area contributed by atoms with Gasteiger partial charge < -0.3 is 14.2 Å². The maximum Gasteiger partial charge on any atom is 0.223 e. The van der Waals surface area contributed by atoms with Crippen molar-refractivity contribution in [2.45, 2.75) is 64.2 Å². The zero-order valence-electron chi connectivity index (χ0n) is 18.7. The molecule has 0 unspecified atom stereocenters. The Bertz CT molecular complexity index is 926. The van der Waals surface area contributed by atoms with Crippen LogP contribution >= 0.6 is 0 Å². The minimum atomic E-state index is 0.273. The van der Waals surface area contributed by atoms with Crippen LogP contribution < -0.4 is 4.74 Å². The molecule has 5 rings (SSSR count). The number of aromatic nitrogens is 2. The second-order valence-corrected chi connectivity index (χ2v) is 9.46. The molecule has 0 spiro atoms. The molecule has 3 saturated heterocycles. The Balaban J connectivity index is 1.41. The topological polar surface area (TPSA) is 50.6 Å². The Kier molecular flexibility index (Phi) is 5.74.